The quantitative estimate of drug-likeness (QED) is 0.926. The molecule has 1 aliphatic heterocycles. The van der Waals surface area contributed by atoms with Crippen LogP contribution in [0.25, 0.3) is 0 Å². The van der Waals surface area contributed by atoms with E-state index in [4.69, 9.17) is 4.98 Å². The Morgan fingerprint density at radius 2 is 2.23 bits per heavy atom. The van der Waals surface area contributed by atoms with Crippen LogP contribution in [0, 0.1) is 6.92 Å². The van der Waals surface area contributed by atoms with Gasteiger partial charge >= 0.3 is 0 Å². The van der Waals surface area contributed by atoms with Crippen molar-refractivity contribution in [3.05, 3.63) is 33.8 Å². The van der Waals surface area contributed by atoms with Crippen LogP contribution in [0.4, 0.5) is 0 Å². The summed E-state index contributed by atoms with van der Waals surface area (Å²) in [5.74, 6) is 1.12. The van der Waals surface area contributed by atoms with Gasteiger partial charge in [0, 0.05) is 30.6 Å². The van der Waals surface area contributed by atoms with Crippen LogP contribution in [0.15, 0.2) is 11.7 Å². The number of carbonyl (C=O) groups excluding carboxylic acids is 1. The number of amides is 1. The molecular weight excluding hydrogens is 296 g/mol. The topological polar surface area (TPSA) is 59.8 Å². The van der Waals surface area contributed by atoms with Gasteiger partial charge in [0.2, 0.25) is 0 Å². The molecule has 2 aromatic heterocycles. The summed E-state index contributed by atoms with van der Waals surface area (Å²) >= 11 is 1.40. The van der Waals surface area contributed by atoms with Crippen molar-refractivity contribution in [1.82, 2.24) is 19.9 Å². The Morgan fingerprint density at radius 1 is 1.45 bits per heavy atom. The van der Waals surface area contributed by atoms with Crippen LogP contribution >= 0.6 is 11.3 Å². The standard InChI is InChI=1S/C16H22N4OS/c1-10-14(22-9-17-10)15(21)18-11-5-6-13-19-12(16(2,3)4)8-20(13)7-11/h8-9,11H,5-7H2,1-4H3,(H,18,21)/t11-/m1/s1. The van der Waals surface area contributed by atoms with E-state index in [2.05, 4.69) is 41.8 Å². The van der Waals surface area contributed by atoms with E-state index in [-0.39, 0.29) is 17.4 Å². The summed E-state index contributed by atoms with van der Waals surface area (Å²) in [5.41, 5.74) is 3.70. The van der Waals surface area contributed by atoms with E-state index in [1.165, 1.54) is 11.3 Å². The zero-order chi connectivity index (χ0) is 15.9. The Balaban J connectivity index is 1.71. The molecule has 1 atom stereocenters. The van der Waals surface area contributed by atoms with Crippen LogP contribution in [0.3, 0.4) is 0 Å². The molecule has 3 heterocycles. The molecule has 3 rings (SSSR count). The fraction of sp³-hybridized carbons (Fsp3) is 0.562. The Hall–Kier alpha value is -1.69. The molecule has 22 heavy (non-hydrogen) atoms. The van der Waals surface area contributed by atoms with Gasteiger partial charge in [0.15, 0.2) is 0 Å². The molecule has 0 unspecified atom stereocenters. The van der Waals surface area contributed by atoms with Gasteiger partial charge in [-0.2, -0.15) is 0 Å². The summed E-state index contributed by atoms with van der Waals surface area (Å²) in [7, 11) is 0. The van der Waals surface area contributed by atoms with Crippen LogP contribution < -0.4 is 5.32 Å². The van der Waals surface area contributed by atoms with Crippen molar-refractivity contribution in [1.29, 1.82) is 0 Å². The lowest BCUT2D eigenvalue weighted by atomic mass is 9.93. The molecule has 1 aliphatic rings. The second-order valence-electron chi connectivity index (χ2n) is 6.92. The molecule has 6 heteroatoms. The van der Waals surface area contributed by atoms with E-state index in [1.54, 1.807) is 5.51 Å². The minimum Gasteiger partial charge on any atom is -0.347 e. The number of nitrogens with zero attached hydrogens (tertiary/aromatic N) is 3. The molecule has 118 valence electrons. The molecule has 1 amide bonds. The Morgan fingerprint density at radius 3 is 2.86 bits per heavy atom. The maximum atomic E-state index is 12.3. The number of nitrogens with one attached hydrogen (secondary N) is 1. The molecule has 0 saturated carbocycles. The van der Waals surface area contributed by atoms with Crippen molar-refractivity contribution in [3.8, 4) is 0 Å². The molecule has 0 fully saturated rings. The van der Waals surface area contributed by atoms with E-state index in [0.717, 1.165) is 36.6 Å². The number of hydrogen-bond acceptors (Lipinski definition) is 4. The molecule has 0 saturated heterocycles. The van der Waals surface area contributed by atoms with E-state index in [9.17, 15) is 4.79 Å². The van der Waals surface area contributed by atoms with E-state index in [0.29, 0.717) is 4.88 Å². The highest BCUT2D eigenvalue weighted by Crippen LogP contribution is 2.24. The third-order valence-corrected chi connectivity index (χ3v) is 4.98. The van der Waals surface area contributed by atoms with Gasteiger partial charge in [-0.1, -0.05) is 20.8 Å². The summed E-state index contributed by atoms with van der Waals surface area (Å²) in [5, 5.41) is 3.13. The monoisotopic (exact) mass is 318 g/mol. The highest BCUT2D eigenvalue weighted by Gasteiger charge is 2.26. The molecule has 2 aromatic rings. The smallest absolute Gasteiger partial charge is 0.263 e. The minimum atomic E-state index is -0.00962. The van der Waals surface area contributed by atoms with Crippen molar-refractivity contribution in [2.45, 2.75) is 58.5 Å². The van der Waals surface area contributed by atoms with Crippen LogP contribution in [0.1, 0.15) is 54.1 Å². The summed E-state index contributed by atoms with van der Waals surface area (Å²) in [4.78, 5) is 21.9. The molecule has 0 radical (unpaired) electrons. The third-order valence-electron chi connectivity index (χ3n) is 4.05. The van der Waals surface area contributed by atoms with Gasteiger partial charge in [-0.05, 0) is 13.3 Å². The predicted molar refractivity (Wildman–Crippen MR) is 87.4 cm³/mol. The summed E-state index contributed by atoms with van der Waals surface area (Å²) in [6.07, 6.45) is 3.97. The lowest BCUT2D eigenvalue weighted by Gasteiger charge is -2.24. The van der Waals surface area contributed by atoms with E-state index in [1.807, 2.05) is 6.92 Å². The number of fused-ring (bicyclic) bond motifs is 1. The molecule has 0 aromatic carbocycles. The molecule has 5 nitrogen and oxygen atoms in total. The molecule has 0 aliphatic carbocycles. The first kappa shape index (κ1) is 15.2. The third kappa shape index (κ3) is 2.92. The fourth-order valence-electron chi connectivity index (χ4n) is 2.69. The lowest BCUT2D eigenvalue weighted by Crippen LogP contribution is -2.40. The summed E-state index contributed by atoms with van der Waals surface area (Å²) in [6.45, 7) is 9.19. The lowest BCUT2D eigenvalue weighted by molar-refractivity contribution is 0.0931. The first-order valence-electron chi connectivity index (χ1n) is 7.62. The van der Waals surface area contributed by atoms with Gasteiger partial charge in [0.25, 0.3) is 5.91 Å². The van der Waals surface area contributed by atoms with Crippen LogP contribution in [-0.4, -0.2) is 26.5 Å². The molecular formula is C16H22N4OS. The first-order chi connectivity index (χ1) is 10.3. The van der Waals surface area contributed by atoms with Gasteiger partial charge in [-0.25, -0.2) is 9.97 Å². The van der Waals surface area contributed by atoms with Crippen molar-refractivity contribution in [2.75, 3.05) is 0 Å². The Labute approximate surface area is 134 Å². The predicted octanol–water partition coefficient (Wildman–Crippen LogP) is 2.69. The fourth-order valence-corrected chi connectivity index (χ4v) is 3.40. The average Bonchev–Trinajstić information content (AvgIpc) is 3.03. The second-order valence-corrected chi connectivity index (χ2v) is 7.78. The zero-order valence-electron chi connectivity index (χ0n) is 13.5. The van der Waals surface area contributed by atoms with Crippen molar-refractivity contribution in [2.24, 2.45) is 0 Å². The van der Waals surface area contributed by atoms with Gasteiger partial charge in [-0.3, -0.25) is 4.79 Å². The van der Waals surface area contributed by atoms with Crippen molar-refractivity contribution in [3.63, 3.8) is 0 Å². The number of hydrogen-bond donors (Lipinski definition) is 1. The Kier molecular flexibility index (Phi) is 3.80. The zero-order valence-corrected chi connectivity index (χ0v) is 14.3. The number of aromatic nitrogens is 3. The SMILES string of the molecule is Cc1ncsc1C(=O)N[C@@H]1CCc2nc(C(C)(C)C)cn2C1. The van der Waals surface area contributed by atoms with Crippen LogP contribution in [-0.2, 0) is 18.4 Å². The normalized spacial score (nSPS) is 18.1. The number of carbonyl (C=O) groups is 1. The van der Waals surface area contributed by atoms with Crippen molar-refractivity contribution < 1.29 is 4.79 Å². The largest absolute Gasteiger partial charge is 0.347 e. The van der Waals surface area contributed by atoms with Gasteiger partial charge in [-0.15, -0.1) is 11.3 Å². The summed E-state index contributed by atoms with van der Waals surface area (Å²) < 4.78 is 2.19. The van der Waals surface area contributed by atoms with Crippen LogP contribution in [0.5, 0.6) is 0 Å². The van der Waals surface area contributed by atoms with E-state index >= 15 is 0 Å². The second kappa shape index (κ2) is 5.50. The van der Waals surface area contributed by atoms with Crippen molar-refractivity contribution >= 4 is 17.2 Å². The first-order valence-corrected chi connectivity index (χ1v) is 8.50. The highest BCUT2D eigenvalue weighted by atomic mass is 32.1. The Bertz CT molecular complexity index is 695. The van der Waals surface area contributed by atoms with E-state index < -0.39 is 0 Å². The van der Waals surface area contributed by atoms with Gasteiger partial charge in [0.1, 0.15) is 10.7 Å². The number of thiazole rings is 1. The average molecular weight is 318 g/mol. The number of imidazole rings is 1. The number of rotatable bonds is 2. The molecule has 0 spiro atoms. The maximum absolute atomic E-state index is 12.3. The van der Waals surface area contributed by atoms with Crippen LogP contribution in [0.2, 0.25) is 0 Å². The number of aryl methyl sites for hydroxylation is 2. The maximum Gasteiger partial charge on any atom is 0.263 e. The minimum absolute atomic E-state index is 0.00962. The summed E-state index contributed by atoms with van der Waals surface area (Å²) in [6, 6.07) is 0.156. The van der Waals surface area contributed by atoms with Gasteiger partial charge in [0.05, 0.1) is 16.9 Å². The molecule has 0 bridgehead atoms. The van der Waals surface area contributed by atoms with Gasteiger partial charge < -0.3 is 9.88 Å². The highest BCUT2D eigenvalue weighted by molar-refractivity contribution is 7.11. The molecule has 1 N–H and O–H groups in total.